The normalized spacial score (nSPS) is 18.7. The summed E-state index contributed by atoms with van der Waals surface area (Å²) in [5.41, 5.74) is 2.00. The Morgan fingerprint density at radius 2 is 1.92 bits per heavy atom. The molecule has 25 heavy (non-hydrogen) atoms. The number of hydrogen-bond acceptors (Lipinski definition) is 4. The van der Waals surface area contributed by atoms with Gasteiger partial charge in [0, 0.05) is 18.2 Å². The molecule has 1 unspecified atom stereocenters. The smallest absolute Gasteiger partial charge is 0.113 e. The highest BCUT2D eigenvalue weighted by Gasteiger charge is 2.21. The molecule has 1 aliphatic rings. The second kappa shape index (κ2) is 7.33. The first-order valence-corrected chi connectivity index (χ1v) is 9.08. The number of aromatic nitrogens is 3. The maximum absolute atomic E-state index is 9.52. The summed E-state index contributed by atoms with van der Waals surface area (Å²) in [5.74, 6) is 0. The van der Waals surface area contributed by atoms with Crippen molar-refractivity contribution in [2.45, 2.75) is 31.8 Å². The first kappa shape index (κ1) is 16.2. The van der Waals surface area contributed by atoms with Crippen LogP contribution in [0.25, 0.3) is 22.0 Å². The van der Waals surface area contributed by atoms with Crippen LogP contribution in [-0.2, 0) is 6.54 Å². The Labute approximate surface area is 147 Å². The van der Waals surface area contributed by atoms with Gasteiger partial charge in [-0.2, -0.15) is 0 Å². The van der Waals surface area contributed by atoms with Crippen molar-refractivity contribution in [1.82, 2.24) is 19.9 Å². The first-order valence-electron chi connectivity index (χ1n) is 9.08. The number of rotatable bonds is 5. The van der Waals surface area contributed by atoms with Crippen LogP contribution in [0.15, 0.2) is 48.7 Å². The van der Waals surface area contributed by atoms with E-state index in [1.807, 2.05) is 10.9 Å². The molecular formula is C20H24N4O. The second-order valence-electron chi connectivity index (χ2n) is 6.80. The van der Waals surface area contributed by atoms with E-state index in [2.05, 4.69) is 57.7 Å². The van der Waals surface area contributed by atoms with Crippen molar-refractivity contribution < 1.29 is 5.11 Å². The van der Waals surface area contributed by atoms with Crippen molar-refractivity contribution in [2.24, 2.45) is 0 Å². The third-order valence-electron chi connectivity index (χ3n) is 5.16. The van der Waals surface area contributed by atoms with Gasteiger partial charge in [-0.15, -0.1) is 5.10 Å². The molecule has 2 aromatic carbocycles. The summed E-state index contributed by atoms with van der Waals surface area (Å²) in [7, 11) is 0. The molecule has 0 aliphatic carbocycles. The Hall–Kier alpha value is -2.24. The second-order valence-corrected chi connectivity index (χ2v) is 6.80. The minimum Gasteiger partial charge on any atom is -0.395 e. The van der Waals surface area contributed by atoms with E-state index in [0.717, 1.165) is 37.3 Å². The molecule has 0 saturated carbocycles. The molecule has 0 bridgehead atoms. The lowest BCUT2D eigenvalue weighted by atomic mass is 10.0. The molecule has 1 aliphatic heterocycles. The van der Waals surface area contributed by atoms with Gasteiger partial charge in [0.15, 0.2) is 0 Å². The van der Waals surface area contributed by atoms with E-state index >= 15 is 0 Å². The van der Waals surface area contributed by atoms with Gasteiger partial charge in [0.1, 0.15) is 5.69 Å². The Bertz CT molecular complexity index is 844. The summed E-state index contributed by atoms with van der Waals surface area (Å²) in [6, 6.07) is 15.0. The molecule has 1 fully saturated rings. The van der Waals surface area contributed by atoms with E-state index in [-0.39, 0.29) is 6.61 Å². The quantitative estimate of drug-likeness (QED) is 0.778. The van der Waals surface area contributed by atoms with Crippen LogP contribution in [0, 0.1) is 0 Å². The number of aliphatic hydroxyl groups excluding tert-OH is 1. The molecule has 1 aromatic heterocycles. The van der Waals surface area contributed by atoms with Crippen molar-refractivity contribution in [3.05, 3.63) is 48.7 Å². The zero-order valence-corrected chi connectivity index (χ0v) is 14.4. The molecule has 0 spiro atoms. The molecule has 0 radical (unpaired) electrons. The predicted octanol–water partition coefficient (Wildman–Crippen LogP) is 2.95. The third-order valence-corrected chi connectivity index (χ3v) is 5.16. The Morgan fingerprint density at radius 1 is 1.04 bits per heavy atom. The van der Waals surface area contributed by atoms with Gasteiger partial charge in [0.25, 0.3) is 0 Å². The first-order chi connectivity index (χ1) is 12.3. The number of hydrogen-bond donors (Lipinski definition) is 1. The maximum Gasteiger partial charge on any atom is 0.113 e. The highest BCUT2D eigenvalue weighted by atomic mass is 16.3. The fourth-order valence-electron chi connectivity index (χ4n) is 3.68. The van der Waals surface area contributed by atoms with Crippen molar-refractivity contribution in [3.63, 3.8) is 0 Å². The molecule has 130 valence electrons. The van der Waals surface area contributed by atoms with Gasteiger partial charge in [0.2, 0.25) is 0 Å². The number of fused-ring (bicyclic) bond motifs is 1. The van der Waals surface area contributed by atoms with Crippen LogP contribution in [-0.4, -0.2) is 50.7 Å². The minimum absolute atomic E-state index is 0.250. The van der Waals surface area contributed by atoms with Gasteiger partial charge in [-0.3, -0.25) is 9.58 Å². The van der Waals surface area contributed by atoms with Gasteiger partial charge >= 0.3 is 0 Å². The van der Waals surface area contributed by atoms with Crippen LogP contribution in [0.2, 0.25) is 0 Å². The average Bonchev–Trinajstić information content (AvgIpc) is 3.15. The van der Waals surface area contributed by atoms with Gasteiger partial charge in [0.05, 0.1) is 19.3 Å². The lowest BCUT2D eigenvalue weighted by Crippen LogP contribution is -2.43. The third kappa shape index (κ3) is 3.57. The van der Waals surface area contributed by atoms with E-state index in [1.165, 1.54) is 23.6 Å². The summed E-state index contributed by atoms with van der Waals surface area (Å²) in [5, 5.41) is 20.6. The molecule has 1 saturated heterocycles. The maximum atomic E-state index is 9.52. The van der Waals surface area contributed by atoms with E-state index in [9.17, 15) is 5.11 Å². The van der Waals surface area contributed by atoms with Gasteiger partial charge < -0.3 is 5.11 Å². The monoisotopic (exact) mass is 336 g/mol. The fraction of sp³-hybridized carbons (Fsp3) is 0.400. The SMILES string of the molecule is OCC1CCCCN1CCn1cc(-c2ccc3ccccc3c2)nn1. The molecule has 1 atom stereocenters. The predicted molar refractivity (Wildman–Crippen MR) is 99.3 cm³/mol. The minimum atomic E-state index is 0.250. The summed E-state index contributed by atoms with van der Waals surface area (Å²) >= 11 is 0. The summed E-state index contributed by atoms with van der Waals surface area (Å²) in [4.78, 5) is 2.38. The summed E-state index contributed by atoms with van der Waals surface area (Å²) < 4.78 is 1.91. The molecular weight excluding hydrogens is 312 g/mol. The van der Waals surface area contributed by atoms with Crippen LogP contribution in [0.4, 0.5) is 0 Å². The van der Waals surface area contributed by atoms with Crippen LogP contribution in [0.3, 0.4) is 0 Å². The lowest BCUT2D eigenvalue weighted by molar-refractivity contribution is 0.0861. The highest BCUT2D eigenvalue weighted by molar-refractivity contribution is 5.86. The molecule has 4 rings (SSSR count). The van der Waals surface area contributed by atoms with Gasteiger partial charge in [-0.1, -0.05) is 48.0 Å². The number of benzene rings is 2. The standard InChI is InChI=1S/C20H24N4O/c25-15-19-7-3-4-10-23(19)11-12-24-14-20(21-22-24)18-9-8-16-5-1-2-6-17(16)13-18/h1-2,5-6,8-9,13-14,19,25H,3-4,7,10-12,15H2. The zero-order chi connectivity index (χ0) is 17.1. The topological polar surface area (TPSA) is 54.2 Å². The molecule has 2 heterocycles. The van der Waals surface area contributed by atoms with Crippen LogP contribution in [0.1, 0.15) is 19.3 Å². The Balaban J connectivity index is 1.46. The van der Waals surface area contributed by atoms with Gasteiger partial charge in [-0.25, -0.2) is 0 Å². The van der Waals surface area contributed by atoms with Gasteiger partial charge in [-0.05, 0) is 36.2 Å². The largest absolute Gasteiger partial charge is 0.395 e. The average molecular weight is 336 g/mol. The van der Waals surface area contributed by atoms with E-state index < -0.39 is 0 Å². The number of likely N-dealkylation sites (tertiary alicyclic amines) is 1. The number of aliphatic hydroxyl groups is 1. The molecule has 5 heteroatoms. The van der Waals surface area contributed by atoms with Crippen molar-refractivity contribution >= 4 is 10.8 Å². The van der Waals surface area contributed by atoms with Crippen LogP contribution in [0.5, 0.6) is 0 Å². The summed E-state index contributed by atoms with van der Waals surface area (Å²) in [6.07, 6.45) is 5.55. The molecule has 0 amide bonds. The summed E-state index contributed by atoms with van der Waals surface area (Å²) in [6.45, 7) is 3.03. The Kier molecular flexibility index (Phi) is 4.76. The number of nitrogens with zero attached hydrogens (tertiary/aromatic N) is 4. The number of piperidine rings is 1. The van der Waals surface area contributed by atoms with E-state index in [4.69, 9.17) is 0 Å². The molecule has 3 aromatic rings. The molecule has 1 N–H and O–H groups in total. The zero-order valence-electron chi connectivity index (χ0n) is 14.4. The fourth-order valence-corrected chi connectivity index (χ4v) is 3.68. The van der Waals surface area contributed by atoms with Crippen molar-refractivity contribution in [2.75, 3.05) is 19.7 Å². The Morgan fingerprint density at radius 3 is 2.80 bits per heavy atom. The van der Waals surface area contributed by atoms with E-state index in [1.54, 1.807) is 0 Å². The van der Waals surface area contributed by atoms with Crippen molar-refractivity contribution in [3.8, 4) is 11.3 Å². The molecule has 5 nitrogen and oxygen atoms in total. The van der Waals surface area contributed by atoms with Crippen LogP contribution < -0.4 is 0 Å². The lowest BCUT2D eigenvalue weighted by Gasteiger charge is -2.34. The highest BCUT2D eigenvalue weighted by Crippen LogP contribution is 2.22. The van der Waals surface area contributed by atoms with Crippen LogP contribution >= 0.6 is 0 Å². The van der Waals surface area contributed by atoms with E-state index in [0.29, 0.717) is 6.04 Å². The van der Waals surface area contributed by atoms with Crippen molar-refractivity contribution in [1.29, 1.82) is 0 Å².